The molecule has 0 aromatic carbocycles. The van der Waals surface area contributed by atoms with Gasteiger partial charge in [-0.15, -0.1) is 0 Å². The van der Waals surface area contributed by atoms with Crippen LogP contribution >= 0.6 is 0 Å². The van der Waals surface area contributed by atoms with Crippen LogP contribution in [0.1, 0.15) is 27.2 Å². The van der Waals surface area contributed by atoms with E-state index in [0.29, 0.717) is 5.41 Å². The van der Waals surface area contributed by atoms with Crippen molar-refractivity contribution in [3.63, 3.8) is 0 Å². The van der Waals surface area contributed by atoms with E-state index < -0.39 is 0 Å². The van der Waals surface area contributed by atoms with Gasteiger partial charge < -0.3 is 15.1 Å². The van der Waals surface area contributed by atoms with Gasteiger partial charge in [0.2, 0.25) is 0 Å². The topological polar surface area (TPSA) is 43.8 Å². The number of hydrogen-bond donors (Lipinski definition) is 1. The highest BCUT2D eigenvalue weighted by Crippen LogP contribution is 2.51. The van der Waals surface area contributed by atoms with Crippen LogP contribution in [0.5, 0.6) is 0 Å². The Balaban J connectivity index is 1.56. The highest BCUT2D eigenvalue weighted by Gasteiger charge is 2.45. The zero-order chi connectivity index (χ0) is 16.3. The predicted octanol–water partition coefficient (Wildman–Crippen LogP) is 2.22. The van der Waals surface area contributed by atoms with E-state index in [0.717, 1.165) is 57.0 Å². The molecule has 0 amide bonds. The molecule has 1 saturated heterocycles. The highest BCUT2D eigenvalue weighted by atomic mass is 15.4. The Bertz CT molecular complexity index is 532. The smallest absolute Gasteiger partial charge is 0.194 e. The van der Waals surface area contributed by atoms with E-state index in [9.17, 15) is 0 Å². The molecule has 5 heteroatoms. The lowest BCUT2D eigenvalue weighted by Gasteiger charge is -2.37. The zero-order valence-corrected chi connectivity index (χ0v) is 14.6. The maximum atomic E-state index is 4.89. The van der Waals surface area contributed by atoms with Crippen molar-refractivity contribution in [2.75, 3.05) is 44.2 Å². The van der Waals surface area contributed by atoms with Gasteiger partial charge in [-0.05, 0) is 36.8 Å². The number of hydrogen-bond acceptors (Lipinski definition) is 3. The van der Waals surface area contributed by atoms with Crippen molar-refractivity contribution in [3.05, 3.63) is 24.4 Å². The number of aliphatic imine (C=N–C) groups is 1. The zero-order valence-electron chi connectivity index (χ0n) is 14.6. The van der Waals surface area contributed by atoms with Crippen molar-refractivity contribution in [2.45, 2.75) is 27.2 Å². The number of piperazine rings is 1. The largest absolute Gasteiger partial charge is 0.357 e. The molecule has 2 heterocycles. The first-order chi connectivity index (χ1) is 11.1. The van der Waals surface area contributed by atoms with Gasteiger partial charge in [-0.1, -0.05) is 19.9 Å². The minimum absolute atomic E-state index is 0.499. The van der Waals surface area contributed by atoms with Gasteiger partial charge >= 0.3 is 0 Å². The van der Waals surface area contributed by atoms with Crippen molar-refractivity contribution in [1.82, 2.24) is 15.2 Å². The fourth-order valence-corrected chi connectivity index (χ4v) is 3.20. The molecule has 2 aliphatic rings. The molecule has 23 heavy (non-hydrogen) atoms. The Morgan fingerprint density at radius 2 is 2.04 bits per heavy atom. The first kappa shape index (κ1) is 16.1. The lowest BCUT2D eigenvalue weighted by molar-refractivity contribution is 0.370. The molecular weight excluding hydrogens is 286 g/mol. The third-order valence-corrected chi connectivity index (χ3v) is 5.07. The molecule has 1 aromatic heterocycles. The molecule has 1 aliphatic carbocycles. The van der Waals surface area contributed by atoms with Crippen molar-refractivity contribution < 1.29 is 0 Å². The summed E-state index contributed by atoms with van der Waals surface area (Å²) in [5.41, 5.74) is 0.499. The van der Waals surface area contributed by atoms with Gasteiger partial charge in [-0.2, -0.15) is 0 Å². The lowest BCUT2D eigenvalue weighted by atomic mass is 10.1. The van der Waals surface area contributed by atoms with E-state index in [1.54, 1.807) is 0 Å². The van der Waals surface area contributed by atoms with Gasteiger partial charge in [0.1, 0.15) is 5.82 Å². The standard InChI is InChI=1S/C18H29N5/c1-4-19-17(21-14-15-13-18(15,2)3)23-11-9-22(10-12-23)16-7-5-6-8-20-16/h5-8,15H,4,9-14H2,1-3H3,(H,19,21). The number of nitrogens with one attached hydrogen (secondary N) is 1. The van der Waals surface area contributed by atoms with Crippen LogP contribution in [0.2, 0.25) is 0 Å². The number of anilines is 1. The number of pyridine rings is 1. The third-order valence-electron chi connectivity index (χ3n) is 5.07. The van der Waals surface area contributed by atoms with E-state index in [-0.39, 0.29) is 0 Å². The van der Waals surface area contributed by atoms with E-state index >= 15 is 0 Å². The van der Waals surface area contributed by atoms with Crippen LogP contribution in [-0.4, -0.2) is 55.1 Å². The van der Waals surface area contributed by atoms with Gasteiger partial charge in [0, 0.05) is 45.5 Å². The monoisotopic (exact) mass is 315 g/mol. The second-order valence-electron chi connectivity index (χ2n) is 7.25. The Morgan fingerprint density at radius 1 is 1.30 bits per heavy atom. The van der Waals surface area contributed by atoms with Crippen LogP contribution in [0.15, 0.2) is 29.4 Å². The van der Waals surface area contributed by atoms with Crippen LogP contribution in [0, 0.1) is 11.3 Å². The van der Waals surface area contributed by atoms with Crippen LogP contribution in [0.25, 0.3) is 0 Å². The van der Waals surface area contributed by atoms with Crippen molar-refractivity contribution in [1.29, 1.82) is 0 Å². The average molecular weight is 315 g/mol. The van der Waals surface area contributed by atoms with Crippen molar-refractivity contribution in [3.8, 4) is 0 Å². The summed E-state index contributed by atoms with van der Waals surface area (Å²) in [5, 5.41) is 3.46. The maximum absolute atomic E-state index is 4.89. The molecule has 3 rings (SSSR count). The number of rotatable bonds is 4. The Labute approximate surface area is 139 Å². The number of aromatic nitrogens is 1. The van der Waals surface area contributed by atoms with Crippen LogP contribution in [0.3, 0.4) is 0 Å². The molecular formula is C18H29N5. The molecule has 0 spiro atoms. The van der Waals surface area contributed by atoms with Crippen LogP contribution in [-0.2, 0) is 0 Å². The lowest BCUT2D eigenvalue weighted by Crippen LogP contribution is -2.52. The fraction of sp³-hybridized carbons (Fsp3) is 0.667. The Kier molecular flexibility index (Phi) is 4.74. The number of guanidine groups is 1. The Hall–Kier alpha value is -1.78. The van der Waals surface area contributed by atoms with E-state index in [2.05, 4.69) is 53.0 Å². The highest BCUT2D eigenvalue weighted by molar-refractivity contribution is 5.80. The summed E-state index contributed by atoms with van der Waals surface area (Å²) in [7, 11) is 0. The first-order valence-corrected chi connectivity index (χ1v) is 8.79. The Morgan fingerprint density at radius 3 is 2.61 bits per heavy atom. The van der Waals surface area contributed by atoms with Crippen molar-refractivity contribution >= 4 is 11.8 Å². The van der Waals surface area contributed by atoms with Crippen LogP contribution in [0.4, 0.5) is 5.82 Å². The maximum Gasteiger partial charge on any atom is 0.194 e. The molecule has 1 aromatic rings. The molecule has 1 unspecified atom stereocenters. The summed E-state index contributed by atoms with van der Waals surface area (Å²) in [5.74, 6) is 2.91. The normalized spacial score (nSPS) is 23.8. The van der Waals surface area contributed by atoms with Gasteiger partial charge in [0.05, 0.1) is 0 Å². The molecule has 0 bridgehead atoms. The summed E-state index contributed by atoms with van der Waals surface area (Å²) in [6, 6.07) is 6.11. The van der Waals surface area contributed by atoms with E-state index in [4.69, 9.17) is 4.99 Å². The minimum atomic E-state index is 0.499. The summed E-state index contributed by atoms with van der Waals surface area (Å²) < 4.78 is 0. The molecule has 1 aliphatic heterocycles. The second-order valence-corrected chi connectivity index (χ2v) is 7.25. The molecule has 1 atom stereocenters. The van der Waals surface area contributed by atoms with Gasteiger partial charge in [0.25, 0.3) is 0 Å². The summed E-state index contributed by atoms with van der Waals surface area (Å²) >= 11 is 0. The van der Waals surface area contributed by atoms with E-state index in [1.165, 1.54) is 6.42 Å². The quantitative estimate of drug-likeness (QED) is 0.683. The average Bonchev–Trinajstić information content (AvgIpc) is 3.19. The van der Waals surface area contributed by atoms with Gasteiger partial charge in [0.15, 0.2) is 5.96 Å². The van der Waals surface area contributed by atoms with Crippen LogP contribution < -0.4 is 10.2 Å². The minimum Gasteiger partial charge on any atom is -0.357 e. The number of nitrogens with zero attached hydrogens (tertiary/aromatic N) is 4. The fourth-order valence-electron chi connectivity index (χ4n) is 3.20. The molecule has 2 fully saturated rings. The van der Waals surface area contributed by atoms with Gasteiger partial charge in [-0.3, -0.25) is 4.99 Å². The van der Waals surface area contributed by atoms with E-state index in [1.807, 2.05) is 12.3 Å². The summed E-state index contributed by atoms with van der Waals surface area (Å²) in [6.45, 7) is 12.7. The molecule has 5 nitrogen and oxygen atoms in total. The van der Waals surface area contributed by atoms with Crippen molar-refractivity contribution in [2.24, 2.45) is 16.3 Å². The summed E-state index contributed by atoms with van der Waals surface area (Å²) in [4.78, 5) is 14.1. The first-order valence-electron chi connectivity index (χ1n) is 8.79. The summed E-state index contributed by atoms with van der Waals surface area (Å²) in [6.07, 6.45) is 3.17. The molecule has 126 valence electrons. The second kappa shape index (κ2) is 6.77. The van der Waals surface area contributed by atoms with Gasteiger partial charge in [-0.25, -0.2) is 4.98 Å². The molecule has 1 saturated carbocycles. The SMILES string of the molecule is CCNC(=NCC1CC1(C)C)N1CCN(c2ccccn2)CC1. The predicted molar refractivity (Wildman–Crippen MR) is 95.9 cm³/mol. The molecule has 0 radical (unpaired) electrons. The third kappa shape index (κ3) is 3.95. The molecule has 1 N–H and O–H groups in total.